The van der Waals surface area contributed by atoms with Gasteiger partial charge in [-0.15, -0.1) is 0 Å². The third kappa shape index (κ3) is 2.51. The van der Waals surface area contributed by atoms with Crippen LogP contribution in [0.4, 0.5) is 0 Å². The molecule has 0 aliphatic rings. The summed E-state index contributed by atoms with van der Waals surface area (Å²) in [5.41, 5.74) is 1.40. The maximum Gasteiger partial charge on any atom is 0.215 e. The van der Waals surface area contributed by atoms with Gasteiger partial charge in [0.15, 0.2) is 11.9 Å². The van der Waals surface area contributed by atoms with Crippen molar-refractivity contribution in [3.8, 4) is 11.6 Å². The summed E-state index contributed by atoms with van der Waals surface area (Å²) < 4.78 is 7.56. The van der Waals surface area contributed by atoms with Crippen LogP contribution in [0.5, 0.6) is 5.88 Å². The Bertz CT molecular complexity index is 801. The smallest absolute Gasteiger partial charge is 0.215 e. The molecule has 2 N–H and O–H groups in total. The van der Waals surface area contributed by atoms with E-state index in [0.29, 0.717) is 16.9 Å². The molecule has 2 heterocycles. The summed E-state index contributed by atoms with van der Waals surface area (Å²) in [5, 5.41) is 23.8. The number of ether oxygens (including phenoxy) is 1. The Morgan fingerprint density at radius 2 is 2.05 bits per heavy atom. The number of aromatic nitrogens is 3. The van der Waals surface area contributed by atoms with Crippen LogP contribution in [-0.2, 0) is 0 Å². The number of nitrogens with zero attached hydrogens (tertiary/aromatic N) is 3. The number of rotatable bonds is 3. The molecule has 0 amide bonds. The van der Waals surface area contributed by atoms with Crippen LogP contribution < -0.4 is 4.74 Å². The van der Waals surface area contributed by atoms with Crippen molar-refractivity contribution in [2.45, 2.75) is 6.29 Å². The first-order chi connectivity index (χ1) is 10.1. The number of benzene rings is 1. The van der Waals surface area contributed by atoms with Crippen LogP contribution >= 0.6 is 15.9 Å². The van der Waals surface area contributed by atoms with Crippen LogP contribution in [0, 0.1) is 0 Å². The first-order valence-corrected chi connectivity index (χ1v) is 6.95. The Labute approximate surface area is 128 Å². The van der Waals surface area contributed by atoms with Gasteiger partial charge < -0.3 is 14.9 Å². The predicted molar refractivity (Wildman–Crippen MR) is 80.3 cm³/mol. The lowest BCUT2D eigenvalue weighted by Gasteiger charge is -2.04. The number of halogens is 1. The molecule has 108 valence electrons. The molecule has 21 heavy (non-hydrogen) atoms. The van der Waals surface area contributed by atoms with Crippen molar-refractivity contribution < 1.29 is 14.9 Å². The van der Waals surface area contributed by atoms with E-state index >= 15 is 0 Å². The zero-order valence-electron chi connectivity index (χ0n) is 11.1. The molecule has 0 unspecified atom stereocenters. The SMILES string of the molecule is COc1ccc2c(C(O)O)nn(-c3cccc(Br)c3)c2n1. The van der Waals surface area contributed by atoms with Gasteiger partial charge in [0.25, 0.3) is 0 Å². The van der Waals surface area contributed by atoms with E-state index in [2.05, 4.69) is 26.0 Å². The van der Waals surface area contributed by atoms with Crippen LogP contribution in [0.3, 0.4) is 0 Å². The maximum absolute atomic E-state index is 9.47. The average molecular weight is 350 g/mol. The van der Waals surface area contributed by atoms with Gasteiger partial charge in [0.2, 0.25) is 5.88 Å². The molecule has 6 nitrogen and oxygen atoms in total. The molecule has 0 fully saturated rings. The summed E-state index contributed by atoms with van der Waals surface area (Å²) in [7, 11) is 1.52. The third-order valence-electron chi connectivity index (χ3n) is 3.04. The van der Waals surface area contributed by atoms with E-state index in [0.717, 1.165) is 10.2 Å². The van der Waals surface area contributed by atoms with Gasteiger partial charge >= 0.3 is 0 Å². The van der Waals surface area contributed by atoms with Crippen LogP contribution in [-0.4, -0.2) is 32.1 Å². The van der Waals surface area contributed by atoms with Gasteiger partial charge in [0.05, 0.1) is 12.8 Å². The zero-order chi connectivity index (χ0) is 15.0. The number of pyridine rings is 1. The van der Waals surface area contributed by atoms with Gasteiger partial charge in [-0.05, 0) is 24.3 Å². The molecule has 2 aromatic heterocycles. The molecule has 0 aliphatic carbocycles. The molecule has 0 aliphatic heterocycles. The quantitative estimate of drug-likeness (QED) is 0.708. The highest BCUT2D eigenvalue weighted by atomic mass is 79.9. The van der Waals surface area contributed by atoms with Crippen molar-refractivity contribution in [2.24, 2.45) is 0 Å². The number of aliphatic hydroxyl groups is 2. The highest BCUT2D eigenvalue weighted by Crippen LogP contribution is 2.27. The van der Waals surface area contributed by atoms with Crippen LogP contribution in [0.15, 0.2) is 40.9 Å². The standard InChI is InChI=1S/C14H12BrN3O3/c1-21-11-6-5-10-12(14(19)20)17-18(13(10)16-11)9-4-2-3-8(15)7-9/h2-7,14,19-20H,1H3. The first kappa shape index (κ1) is 14.0. The molecule has 0 saturated heterocycles. The number of hydrogen-bond donors (Lipinski definition) is 2. The molecular weight excluding hydrogens is 338 g/mol. The van der Waals surface area contributed by atoms with Crippen molar-refractivity contribution in [1.29, 1.82) is 0 Å². The number of aliphatic hydroxyl groups excluding tert-OH is 1. The molecular formula is C14H12BrN3O3. The molecule has 3 aromatic rings. The fourth-order valence-corrected chi connectivity index (χ4v) is 2.48. The zero-order valence-corrected chi connectivity index (χ0v) is 12.6. The minimum absolute atomic E-state index is 0.153. The second-order valence-electron chi connectivity index (χ2n) is 4.38. The van der Waals surface area contributed by atoms with Gasteiger partial charge in [-0.2, -0.15) is 10.1 Å². The van der Waals surface area contributed by atoms with Crippen LogP contribution in [0.1, 0.15) is 12.0 Å². The largest absolute Gasteiger partial charge is 0.481 e. The lowest BCUT2D eigenvalue weighted by molar-refractivity contribution is -0.0449. The summed E-state index contributed by atoms with van der Waals surface area (Å²) >= 11 is 3.40. The average Bonchev–Trinajstić information content (AvgIpc) is 2.86. The molecule has 3 rings (SSSR count). The monoisotopic (exact) mass is 349 g/mol. The first-order valence-electron chi connectivity index (χ1n) is 6.16. The van der Waals surface area contributed by atoms with E-state index in [-0.39, 0.29) is 5.69 Å². The van der Waals surface area contributed by atoms with Crippen LogP contribution in [0.2, 0.25) is 0 Å². The number of fused-ring (bicyclic) bond motifs is 1. The van der Waals surface area contributed by atoms with Gasteiger partial charge in [-0.1, -0.05) is 22.0 Å². The summed E-state index contributed by atoms with van der Waals surface area (Å²) in [5.74, 6) is 0.428. The Morgan fingerprint density at radius 1 is 1.24 bits per heavy atom. The minimum Gasteiger partial charge on any atom is -0.481 e. The third-order valence-corrected chi connectivity index (χ3v) is 3.53. The van der Waals surface area contributed by atoms with E-state index < -0.39 is 6.29 Å². The maximum atomic E-state index is 9.47. The van der Waals surface area contributed by atoms with Crippen molar-refractivity contribution >= 4 is 27.0 Å². The van der Waals surface area contributed by atoms with Crippen molar-refractivity contribution in [2.75, 3.05) is 7.11 Å². The molecule has 0 spiro atoms. The Kier molecular flexibility index (Phi) is 3.62. The predicted octanol–water partition coefficient (Wildman–Crippen LogP) is 2.17. The summed E-state index contributed by atoms with van der Waals surface area (Å²) in [6, 6.07) is 10.8. The van der Waals surface area contributed by atoms with E-state index in [9.17, 15) is 10.2 Å². The van der Waals surface area contributed by atoms with E-state index in [1.165, 1.54) is 7.11 Å². The Balaban J connectivity index is 2.30. The van der Waals surface area contributed by atoms with E-state index in [1.54, 1.807) is 16.8 Å². The highest BCUT2D eigenvalue weighted by molar-refractivity contribution is 9.10. The lowest BCUT2D eigenvalue weighted by Crippen LogP contribution is -2.01. The Morgan fingerprint density at radius 3 is 2.71 bits per heavy atom. The highest BCUT2D eigenvalue weighted by Gasteiger charge is 2.18. The van der Waals surface area contributed by atoms with E-state index in [1.807, 2.05) is 24.3 Å². The number of hydrogen-bond acceptors (Lipinski definition) is 5. The van der Waals surface area contributed by atoms with Gasteiger partial charge in [-0.3, -0.25) is 0 Å². The van der Waals surface area contributed by atoms with Crippen molar-refractivity contribution in [1.82, 2.24) is 14.8 Å². The van der Waals surface area contributed by atoms with Crippen molar-refractivity contribution in [3.63, 3.8) is 0 Å². The molecule has 0 radical (unpaired) electrons. The van der Waals surface area contributed by atoms with Gasteiger partial charge in [0, 0.05) is 15.9 Å². The van der Waals surface area contributed by atoms with E-state index in [4.69, 9.17) is 4.74 Å². The summed E-state index contributed by atoms with van der Waals surface area (Å²) in [4.78, 5) is 4.34. The van der Waals surface area contributed by atoms with Crippen molar-refractivity contribution in [3.05, 3.63) is 46.6 Å². The lowest BCUT2D eigenvalue weighted by atomic mass is 10.2. The number of methoxy groups -OCH3 is 1. The normalized spacial score (nSPS) is 11.3. The second kappa shape index (κ2) is 5.44. The summed E-state index contributed by atoms with van der Waals surface area (Å²) in [6.07, 6.45) is -1.67. The molecule has 1 aromatic carbocycles. The molecule has 0 saturated carbocycles. The fraction of sp³-hybridized carbons (Fsp3) is 0.143. The topological polar surface area (TPSA) is 80.4 Å². The molecule has 0 atom stereocenters. The summed E-state index contributed by atoms with van der Waals surface area (Å²) in [6.45, 7) is 0. The molecule has 0 bridgehead atoms. The fourth-order valence-electron chi connectivity index (χ4n) is 2.09. The minimum atomic E-state index is -1.67. The van der Waals surface area contributed by atoms with Gasteiger partial charge in [0.1, 0.15) is 5.69 Å². The second-order valence-corrected chi connectivity index (χ2v) is 5.29. The molecule has 7 heteroatoms. The van der Waals surface area contributed by atoms with Gasteiger partial charge in [-0.25, -0.2) is 4.68 Å². The Hall–Kier alpha value is -1.96. The van der Waals surface area contributed by atoms with Crippen LogP contribution in [0.25, 0.3) is 16.7 Å².